The first-order valence-corrected chi connectivity index (χ1v) is 11.1. The van der Waals surface area contributed by atoms with E-state index in [0.717, 1.165) is 36.7 Å². The maximum atomic E-state index is 12.9. The van der Waals surface area contributed by atoms with Crippen LogP contribution in [-0.4, -0.2) is 0 Å². The number of hydrogen-bond acceptors (Lipinski definition) is 0. The first-order valence-electron chi connectivity index (χ1n) is 11.1. The molecule has 2 rings (SSSR count). The van der Waals surface area contributed by atoms with Gasteiger partial charge in [-0.15, -0.1) is 0 Å². The van der Waals surface area contributed by atoms with Gasteiger partial charge in [-0.3, -0.25) is 0 Å². The second-order valence-corrected chi connectivity index (χ2v) is 11.5. The molecule has 1 atom stereocenters. The Labute approximate surface area is 173 Å². The van der Waals surface area contributed by atoms with Crippen molar-refractivity contribution < 1.29 is 8.78 Å². The third-order valence-corrected chi connectivity index (χ3v) is 6.33. The van der Waals surface area contributed by atoms with E-state index in [1.807, 2.05) is 0 Å². The van der Waals surface area contributed by atoms with Gasteiger partial charge in [-0.25, -0.2) is 8.78 Å². The molecule has 1 aliphatic rings. The summed E-state index contributed by atoms with van der Waals surface area (Å²) >= 11 is 0. The van der Waals surface area contributed by atoms with Gasteiger partial charge in [0.05, 0.1) is 0 Å². The van der Waals surface area contributed by atoms with Gasteiger partial charge in [0.1, 0.15) is 0 Å². The molecule has 0 N–H and O–H groups in total. The number of halogens is 2. The fourth-order valence-corrected chi connectivity index (χ4v) is 4.02. The summed E-state index contributed by atoms with van der Waals surface area (Å²) in [7, 11) is 0. The van der Waals surface area contributed by atoms with Crippen molar-refractivity contribution >= 4 is 0 Å². The second kappa shape index (κ2) is 9.72. The molecule has 0 nitrogen and oxygen atoms in total. The number of benzene rings is 1. The quantitative estimate of drug-likeness (QED) is 0.480. The van der Waals surface area contributed by atoms with Crippen molar-refractivity contribution in [1.82, 2.24) is 0 Å². The summed E-state index contributed by atoms with van der Waals surface area (Å²) in [6, 6.07) is 6.61. The summed E-state index contributed by atoms with van der Waals surface area (Å²) in [5.41, 5.74) is 1.89. The highest BCUT2D eigenvalue weighted by molar-refractivity contribution is 5.25. The second-order valence-electron chi connectivity index (χ2n) is 11.5. The molecule has 28 heavy (non-hydrogen) atoms. The van der Waals surface area contributed by atoms with E-state index in [2.05, 4.69) is 55.4 Å². The number of alkyl halides is 2. The molecular weight excluding hydrogens is 350 g/mol. The highest BCUT2D eigenvalue weighted by Gasteiger charge is 2.30. The molecule has 0 bridgehead atoms. The zero-order valence-electron chi connectivity index (χ0n) is 19.8. The molecule has 1 aromatic carbocycles. The van der Waals surface area contributed by atoms with Crippen molar-refractivity contribution in [3.05, 3.63) is 35.4 Å². The minimum Gasteiger partial charge on any atom is -0.202 e. The Bertz CT molecular complexity index is 558. The third kappa shape index (κ3) is 9.05. The highest BCUT2D eigenvalue weighted by atomic mass is 19.3. The molecule has 1 saturated carbocycles. The molecule has 0 aliphatic heterocycles. The van der Waals surface area contributed by atoms with Gasteiger partial charge in [0.2, 0.25) is 0 Å². The van der Waals surface area contributed by atoms with Gasteiger partial charge in [-0.05, 0) is 53.4 Å². The van der Waals surface area contributed by atoms with Crippen molar-refractivity contribution in [1.29, 1.82) is 0 Å². The minimum absolute atomic E-state index is 0.0835. The lowest BCUT2D eigenvalue weighted by Gasteiger charge is -2.38. The Balaban J connectivity index is 0.000000283. The summed E-state index contributed by atoms with van der Waals surface area (Å²) in [4.78, 5) is 0. The first-order chi connectivity index (χ1) is 12.6. The fourth-order valence-electron chi connectivity index (χ4n) is 4.02. The standard InChI is InChI=1S/C13H18F2.C13H26/c1-12(2,3)9-10-5-7-11(8-6-10)13(4,14)15;1-10-6-8-12(9-7-10)11(2)13(3,4)5/h5-8H,9H2,1-4H3;10-12H,6-9H2,1-5H3. The summed E-state index contributed by atoms with van der Waals surface area (Å²) in [6.45, 7) is 19.3. The molecule has 0 spiro atoms. The van der Waals surface area contributed by atoms with Crippen LogP contribution in [0, 0.1) is 28.6 Å². The van der Waals surface area contributed by atoms with Crippen molar-refractivity contribution in [3.8, 4) is 0 Å². The molecule has 0 saturated heterocycles. The van der Waals surface area contributed by atoms with E-state index >= 15 is 0 Å². The Morgan fingerprint density at radius 3 is 1.68 bits per heavy atom. The van der Waals surface area contributed by atoms with Crippen LogP contribution in [0.3, 0.4) is 0 Å². The van der Waals surface area contributed by atoms with Crippen molar-refractivity contribution in [2.24, 2.45) is 28.6 Å². The molecule has 2 heteroatoms. The maximum Gasteiger partial charge on any atom is 0.270 e. The third-order valence-electron chi connectivity index (χ3n) is 6.33. The monoisotopic (exact) mass is 394 g/mol. The smallest absolute Gasteiger partial charge is 0.202 e. The van der Waals surface area contributed by atoms with Crippen LogP contribution >= 0.6 is 0 Å². The maximum absolute atomic E-state index is 12.9. The Hall–Kier alpha value is -0.920. The first kappa shape index (κ1) is 25.1. The van der Waals surface area contributed by atoms with Gasteiger partial charge >= 0.3 is 0 Å². The molecule has 1 fully saturated rings. The van der Waals surface area contributed by atoms with E-state index in [-0.39, 0.29) is 11.0 Å². The van der Waals surface area contributed by atoms with Crippen LogP contribution in [-0.2, 0) is 12.3 Å². The van der Waals surface area contributed by atoms with E-state index < -0.39 is 5.92 Å². The summed E-state index contributed by atoms with van der Waals surface area (Å²) < 4.78 is 25.8. The minimum atomic E-state index is -2.74. The highest BCUT2D eigenvalue weighted by Crippen LogP contribution is 2.40. The topological polar surface area (TPSA) is 0 Å². The average Bonchev–Trinajstić information content (AvgIpc) is 2.53. The van der Waals surface area contributed by atoms with E-state index in [1.54, 1.807) is 12.1 Å². The summed E-state index contributed by atoms with van der Waals surface area (Å²) in [6.07, 6.45) is 6.78. The largest absolute Gasteiger partial charge is 0.270 e. The lowest BCUT2D eigenvalue weighted by molar-refractivity contribution is 0.0174. The SMILES string of the molecule is CC(C)(C)Cc1ccc(C(C)(F)F)cc1.CC1CCC(C(C)C(C)(C)C)CC1. The molecular formula is C26H44F2. The molecule has 1 aliphatic carbocycles. The normalized spacial score (nSPS) is 22.2. The molecule has 1 unspecified atom stereocenters. The molecule has 162 valence electrons. The average molecular weight is 395 g/mol. The van der Waals surface area contributed by atoms with Gasteiger partial charge in [-0.2, -0.15) is 0 Å². The van der Waals surface area contributed by atoms with Crippen molar-refractivity contribution in [2.75, 3.05) is 0 Å². The van der Waals surface area contributed by atoms with E-state index in [4.69, 9.17) is 0 Å². The Morgan fingerprint density at radius 1 is 0.857 bits per heavy atom. The fraction of sp³-hybridized carbons (Fsp3) is 0.769. The van der Waals surface area contributed by atoms with Crippen LogP contribution in [0.4, 0.5) is 8.78 Å². The molecule has 0 heterocycles. The van der Waals surface area contributed by atoms with Gasteiger partial charge in [0, 0.05) is 12.5 Å². The van der Waals surface area contributed by atoms with Gasteiger partial charge in [0.15, 0.2) is 0 Å². The van der Waals surface area contributed by atoms with Crippen LogP contribution in [0.25, 0.3) is 0 Å². The van der Waals surface area contributed by atoms with Crippen molar-refractivity contribution in [2.45, 2.75) is 100 Å². The van der Waals surface area contributed by atoms with Crippen LogP contribution in [0.15, 0.2) is 24.3 Å². The predicted octanol–water partition coefficient (Wildman–Crippen LogP) is 8.88. The van der Waals surface area contributed by atoms with E-state index in [9.17, 15) is 8.78 Å². The predicted molar refractivity (Wildman–Crippen MR) is 119 cm³/mol. The molecule has 1 aromatic rings. The number of hydrogen-bond donors (Lipinski definition) is 0. The van der Waals surface area contributed by atoms with Gasteiger partial charge in [0.25, 0.3) is 5.92 Å². The lowest BCUT2D eigenvalue weighted by Crippen LogP contribution is -2.28. The molecule has 0 radical (unpaired) electrons. The van der Waals surface area contributed by atoms with Crippen LogP contribution < -0.4 is 0 Å². The van der Waals surface area contributed by atoms with Gasteiger partial charge < -0.3 is 0 Å². The van der Waals surface area contributed by atoms with Crippen LogP contribution in [0.5, 0.6) is 0 Å². The van der Waals surface area contributed by atoms with E-state index in [0.29, 0.717) is 5.41 Å². The molecule has 0 amide bonds. The zero-order valence-corrected chi connectivity index (χ0v) is 19.8. The van der Waals surface area contributed by atoms with E-state index in [1.165, 1.54) is 37.8 Å². The lowest BCUT2D eigenvalue weighted by atomic mass is 9.68. The zero-order chi connectivity index (χ0) is 21.8. The summed E-state index contributed by atoms with van der Waals surface area (Å²) in [5, 5.41) is 0. The summed E-state index contributed by atoms with van der Waals surface area (Å²) in [5.74, 6) is 0.139. The van der Waals surface area contributed by atoms with Crippen LogP contribution in [0.2, 0.25) is 0 Å². The Kier molecular flexibility index (Phi) is 8.72. The van der Waals surface area contributed by atoms with Gasteiger partial charge in [-0.1, -0.05) is 92.5 Å². The van der Waals surface area contributed by atoms with Crippen LogP contribution in [0.1, 0.15) is 99.1 Å². The Morgan fingerprint density at radius 2 is 1.32 bits per heavy atom. The van der Waals surface area contributed by atoms with Crippen molar-refractivity contribution in [3.63, 3.8) is 0 Å². The number of rotatable bonds is 3. The molecule has 0 aromatic heterocycles.